The van der Waals surface area contributed by atoms with E-state index in [0.29, 0.717) is 29.3 Å². The quantitative estimate of drug-likeness (QED) is 0.518. The van der Waals surface area contributed by atoms with Crippen molar-refractivity contribution in [2.45, 2.75) is 6.42 Å². The molecule has 0 bridgehead atoms. The van der Waals surface area contributed by atoms with Crippen molar-refractivity contribution in [1.29, 1.82) is 0 Å². The molecular formula is C26H29N3O4. The summed E-state index contributed by atoms with van der Waals surface area (Å²) in [5, 5.41) is 5.83. The normalized spacial score (nSPS) is 10.3. The number of ether oxygens (including phenoxy) is 2. The number of anilines is 2. The van der Waals surface area contributed by atoms with Crippen LogP contribution >= 0.6 is 0 Å². The molecule has 0 fully saturated rings. The molecule has 0 atom stereocenters. The Hall–Kier alpha value is -4.00. The Balaban J connectivity index is 1.80. The number of amides is 2. The summed E-state index contributed by atoms with van der Waals surface area (Å²) in [6, 6.07) is 20.3. The number of carbonyl (C=O) groups excluding carboxylic acids is 2. The van der Waals surface area contributed by atoms with Crippen LogP contribution in [-0.4, -0.2) is 46.7 Å². The summed E-state index contributed by atoms with van der Waals surface area (Å²) >= 11 is 0. The number of hydrogen-bond acceptors (Lipinski definition) is 5. The number of benzene rings is 3. The molecule has 2 N–H and O–H groups in total. The van der Waals surface area contributed by atoms with E-state index in [1.165, 1.54) is 14.2 Å². The molecule has 7 nitrogen and oxygen atoms in total. The highest BCUT2D eigenvalue weighted by atomic mass is 16.5. The van der Waals surface area contributed by atoms with Crippen molar-refractivity contribution in [1.82, 2.24) is 5.32 Å². The molecule has 172 valence electrons. The van der Waals surface area contributed by atoms with E-state index < -0.39 is 5.91 Å². The molecule has 0 spiro atoms. The van der Waals surface area contributed by atoms with Crippen LogP contribution < -0.4 is 25.0 Å². The van der Waals surface area contributed by atoms with Gasteiger partial charge in [-0.2, -0.15) is 0 Å². The van der Waals surface area contributed by atoms with E-state index in [2.05, 4.69) is 10.6 Å². The third kappa shape index (κ3) is 5.83. The first-order valence-electron chi connectivity index (χ1n) is 10.6. The Bertz CT molecular complexity index is 1090. The lowest BCUT2D eigenvalue weighted by Crippen LogP contribution is -2.28. The molecular weight excluding hydrogens is 418 g/mol. The third-order valence-electron chi connectivity index (χ3n) is 5.18. The minimum atomic E-state index is -0.391. The summed E-state index contributed by atoms with van der Waals surface area (Å²) in [5.74, 6) is 0.198. The lowest BCUT2D eigenvalue weighted by molar-refractivity contribution is 0.0953. The van der Waals surface area contributed by atoms with Crippen molar-refractivity contribution in [3.8, 4) is 11.5 Å². The Morgan fingerprint density at radius 2 is 1.52 bits per heavy atom. The molecule has 0 saturated heterocycles. The zero-order valence-electron chi connectivity index (χ0n) is 19.3. The van der Waals surface area contributed by atoms with Crippen LogP contribution in [0.25, 0.3) is 0 Å². The minimum absolute atomic E-state index is 0.208. The molecule has 0 heterocycles. The Morgan fingerprint density at radius 3 is 2.12 bits per heavy atom. The maximum absolute atomic E-state index is 13.0. The number of carbonyl (C=O) groups is 2. The average Bonchev–Trinajstić information content (AvgIpc) is 2.83. The first-order valence-corrected chi connectivity index (χ1v) is 10.6. The third-order valence-corrected chi connectivity index (χ3v) is 5.18. The summed E-state index contributed by atoms with van der Waals surface area (Å²) in [7, 11) is 6.73. The van der Waals surface area contributed by atoms with Crippen LogP contribution in [0.1, 0.15) is 26.3 Å². The van der Waals surface area contributed by atoms with Crippen LogP contribution in [0.2, 0.25) is 0 Å². The van der Waals surface area contributed by atoms with Gasteiger partial charge in [0.15, 0.2) is 0 Å². The Kier molecular flexibility index (Phi) is 7.91. The van der Waals surface area contributed by atoms with Crippen LogP contribution in [0.15, 0.2) is 66.7 Å². The highest BCUT2D eigenvalue weighted by Gasteiger charge is 2.20. The van der Waals surface area contributed by atoms with Crippen LogP contribution in [-0.2, 0) is 6.42 Å². The van der Waals surface area contributed by atoms with Gasteiger partial charge in [0.1, 0.15) is 17.1 Å². The topological polar surface area (TPSA) is 79.9 Å². The predicted molar refractivity (Wildman–Crippen MR) is 131 cm³/mol. The van der Waals surface area contributed by atoms with Gasteiger partial charge in [0.2, 0.25) is 0 Å². The van der Waals surface area contributed by atoms with Crippen LogP contribution in [0.4, 0.5) is 11.4 Å². The van der Waals surface area contributed by atoms with Gasteiger partial charge >= 0.3 is 0 Å². The standard InChI is InChI=1S/C26H29N3O4/c1-29(2)21-14-13-19(28-26(31)24-22(32-3)11-8-12-23(24)33-4)17-20(21)25(30)27-16-15-18-9-6-5-7-10-18/h5-14,17H,15-16H2,1-4H3,(H,27,30)(H,28,31). The van der Waals surface area contributed by atoms with Gasteiger partial charge in [0.25, 0.3) is 11.8 Å². The van der Waals surface area contributed by atoms with Gasteiger partial charge in [-0.25, -0.2) is 0 Å². The lowest BCUT2D eigenvalue weighted by Gasteiger charge is -2.19. The second-order valence-corrected chi connectivity index (χ2v) is 7.61. The average molecular weight is 448 g/mol. The lowest BCUT2D eigenvalue weighted by atomic mass is 10.1. The highest BCUT2D eigenvalue weighted by molar-refractivity contribution is 6.09. The van der Waals surface area contributed by atoms with Crippen molar-refractivity contribution in [2.24, 2.45) is 0 Å². The van der Waals surface area contributed by atoms with Gasteiger partial charge in [-0.3, -0.25) is 9.59 Å². The number of hydrogen-bond donors (Lipinski definition) is 2. The summed E-state index contributed by atoms with van der Waals surface area (Å²) in [6.45, 7) is 0.505. The first kappa shape index (κ1) is 23.7. The molecule has 7 heteroatoms. The fourth-order valence-corrected chi connectivity index (χ4v) is 3.51. The predicted octanol–water partition coefficient (Wildman–Crippen LogP) is 3.99. The molecule has 0 saturated carbocycles. The number of nitrogens with zero attached hydrogens (tertiary/aromatic N) is 1. The molecule has 2 amide bonds. The zero-order valence-corrected chi connectivity index (χ0v) is 19.3. The van der Waals surface area contributed by atoms with Crippen molar-refractivity contribution >= 4 is 23.2 Å². The maximum atomic E-state index is 13.0. The van der Waals surface area contributed by atoms with Crippen molar-refractivity contribution in [3.05, 3.63) is 83.4 Å². The van der Waals surface area contributed by atoms with Crippen molar-refractivity contribution in [2.75, 3.05) is 45.1 Å². The molecule has 0 aliphatic carbocycles. The summed E-state index contributed by atoms with van der Waals surface area (Å²) in [5.41, 5.74) is 3.15. The van der Waals surface area contributed by atoms with Crippen molar-refractivity contribution in [3.63, 3.8) is 0 Å². The molecule has 0 aliphatic heterocycles. The molecule has 0 unspecified atom stereocenters. The van der Waals surface area contributed by atoms with E-state index in [1.54, 1.807) is 36.4 Å². The summed E-state index contributed by atoms with van der Waals surface area (Å²) in [4.78, 5) is 27.9. The molecule has 0 radical (unpaired) electrons. The fraction of sp³-hybridized carbons (Fsp3) is 0.231. The molecule has 33 heavy (non-hydrogen) atoms. The van der Waals surface area contributed by atoms with Gasteiger partial charge in [-0.15, -0.1) is 0 Å². The number of methoxy groups -OCH3 is 2. The largest absolute Gasteiger partial charge is 0.496 e. The smallest absolute Gasteiger partial charge is 0.263 e. The first-order chi connectivity index (χ1) is 15.9. The molecule has 3 rings (SSSR count). The SMILES string of the molecule is COc1cccc(OC)c1C(=O)Nc1ccc(N(C)C)c(C(=O)NCCc2ccccc2)c1. The van der Waals surface area contributed by atoms with Crippen LogP contribution in [0.5, 0.6) is 11.5 Å². The maximum Gasteiger partial charge on any atom is 0.263 e. The van der Waals surface area contributed by atoms with Crippen LogP contribution in [0, 0.1) is 0 Å². The number of rotatable bonds is 9. The van der Waals surface area contributed by atoms with E-state index in [0.717, 1.165) is 17.7 Å². The van der Waals surface area contributed by atoms with E-state index in [9.17, 15) is 9.59 Å². The van der Waals surface area contributed by atoms with Gasteiger partial charge in [-0.1, -0.05) is 36.4 Å². The van der Waals surface area contributed by atoms with Crippen molar-refractivity contribution < 1.29 is 19.1 Å². The Morgan fingerprint density at radius 1 is 0.848 bits per heavy atom. The summed E-state index contributed by atoms with van der Waals surface area (Å²) < 4.78 is 10.7. The number of nitrogens with one attached hydrogen (secondary N) is 2. The van der Waals surface area contributed by atoms with E-state index >= 15 is 0 Å². The van der Waals surface area contributed by atoms with E-state index in [4.69, 9.17) is 9.47 Å². The zero-order chi connectivity index (χ0) is 23.8. The van der Waals surface area contributed by atoms with Gasteiger partial charge in [0.05, 0.1) is 19.8 Å². The second-order valence-electron chi connectivity index (χ2n) is 7.61. The molecule has 3 aromatic carbocycles. The second kappa shape index (κ2) is 11.0. The highest BCUT2D eigenvalue weighted by Crippen LogP contribution is 2.30. The Labute approximate surface area is 194 Å². The fourth-order valence-electron chi connectivity index (χ4n) is 3.51. The van der Waals surface area contributed by atoms with Crippen LogP contribution in [0.3, 0.4) is 0 Å². The van der Waals surface area contributed by atoms with Gasteiger partial charge < -0.3 is 25.0 Å². The van der Waals surface area contributed by atoms with E-state index in [-0.39, 0.29) is 11.5 Å². The minimum Gasteiger partial charge on any atom is -0.496 e. The van der Waals surface area contributed by atoms with Gasteiger partial charge in [0, 0.05) is 32.0 Å². The monoisotopic (exact) mass is 447 g/mol. The molecule has 3 aromatic rings. The molecule has 0 aliphatic rings. The van der Waals surface area contributed by atoms with E-state index in [1.807, 2.05) is 49.3 Å². The summed E-state index contributed by atoms with van der Waals surface area (Å²) in [6.07, 6.45) is 0.730. The van der Waals surface area contributed by atoms with Gasteiger partial charge in [-0.05, 0) is 42.3 Å². The molecule has 0 aromatic heterocycles.